The van der Waals surface area contributed by atoms with Gasteiger partial charge in [0.1, 0.15) is 0 Å². The van der Waals surface area contributed by atoms with E-state index in [0.717, 1.165) is 22.7 Å². The van der Waals surface area contributed by atoms with Gasteiger partial charge in [0.15, 0.2) is 11.6 Å². The maximum absolute atomic E-state index is 5.28. The highest BCUT2D eigenvalue weighted by Gasteiger charge is 2.57. The summed E-state index contributed by atoms with van der Waals surface area (Å²) < 4.78 is 10.3. The molecule has 0 amide bonds. The minimum absolute atomic E-state index is 0.0347. The van der Waals surface area contributed by atoms with Gasteiger partial charge in [0.05, 0.1) is 5.90 Å². The second-order valence-electron chi connectivity index (χ2n) is 3.88. The Labute approximate surface area is 89.1 Å². The van der Waals surface area contributed by atoms with Gasteiger partial charge in [-0.25, -0.2) is 9.98 Å². The van der Waals surface area contributed by atoms with Crippen LogP contribution in [0, 0.1) is 13.8 Å². The van der Waals surface area contributed by atoms with Crippen molar-refractivity contribution in [1.29, 1.82) is 0 Å². The van der Waals surface area contributed by atoms with Crippen LogP contribution >= 0.6 is 0 Å². The molecule has 2 aliphatic rings. The Bertz CT molecular complexity index is 446. The number of pyridine rings is 1. The molecule has 3 rings (SSSR count). The third kappa shape index (κ3) is 1.77. The Balaban J connectivity index is 1.82. The number of rotatable bonds is 2. The fourth-order valence-corrected chi connectivity index (χ4v) is 1.51. The van der Waals surface area contributed by atoms with Crippen molar-refractivity contribution in [3.8, 4) is 0 Å². The maximum atomic E-state index is 5.28. The molecule has 3 heterocycles. The van der Waals surface area contributed by atoms with Gasteiger partial charge in [-0.3, -0.25) is 0 Å². The normalized spacial score (nSPS) is 24.8. The Kier molecular flexibility index (Phi) is 1.85. The van der Waals surface area contributed by atoms with Crippen molar-refractivity contribution < 1.29 is 9.31 Å². The first-order chi connectivity index (χ1) is 7.24. The van der Waals surface area contributed by atoms with Gasteiger partial charge < -0.3 is 9.31 Å². The molecule has 15 heavy (non-hydrogen) atoms. The van der Waals surface area contributed by atoms with Gasteiger partial charge in [0.25, 0.3) is 0 Å². The molecule has 0 saturated carbocycles. The van der Waals surface area contributed by atoms with Crippen LogP contribution in [0.4, 0.5) is 5.82 Å². The van der Waals surface area contributed by atoms with Crippen LogP contribution in [-0.4, -0.2) is 31.1 Å². The number of hydrogen-bond donors (Lipinski definition) is 0. The van der Waals surface area contributed by atoms with E-state index < -0.39 is 0 Å². The summed E-state index contributed by atoms with van der Waals surface area (Å²) in [5, 5.41) is 0. The predicted molar refractivity (Wildman–Crippen MR) is 58.3 cm³/mol. The molecular weight excluding hydrogens is 190 g/mol. The Morgan fingerprint density at radius 2 is 2.33 bits per heavy atom. The molecule has 1 atom stereocenters. The average Bonchev–Trinajstić information content (AvgIpc) is 3.01. The molecule has 2 aliphatic heterocycles. The van der Waals surface area contributed by atoms with Gasteiger partial charge in [-0.1, -0.05) is 6.07 Å². The number of aromatic nitrogens is 1. The minimum Gasteiger partial charge on any atom is -0.544 e. The third-order valence-electron chi connectivity index (χ3n) is 2.43. The SMILES string of the molecule is Cc1cnc(/N=C2/OB2C2[B]O2)c(C)c1. The summed E-state index contributed by atoms with van der Waals surface area (Å²) in [6, 6.07) is 2.06. The van der Waals surface area contributed by atoms with Crippen LogP contribution in [0.5, 0.6) is 0 Å². The van der Waals surface area contributed by atoms with E-state index in [1.54, 1.807) is 7.48 Å². The lowest BCUT2D eigenvalue weighted by Crippen LogP contribution is -2.04. The lowest BCUT2D eigenvalue weighted by Gasteiger charge is -1.98. The predicted octanol–water partition coefficient (Wildman–Crippen LogP) is 0.804. The second-order valence-corrected chi connectivity index (χ2v) is 3.88. The molecule has 1 aromatic rings. The van der Waals surface area contributed by atoms with Crippen LogP contribution in [0.3, 0.4) is 0 Å². The molecule has 2 saturated heterocycles. The highest BCUT2D eigenvalue weighted by molar-refractivity contribution is 7.04. The van der Waals surface area contributed by atoms with Gasteiger partial charge in [0, 0.05) is 6.20 Å². The van der Waals surface area contributed by atoms with E-state index in [1.807, 2.05) is 20.0 Å². The molecule has 0 bridgehead atoms. The molecule has 2 fully saturated rings. The molecule has 73 valence electrons. The number of aryl methyl sites for hydroxylation is 2. The van der Waals surface area contributed by atoms with Gasteiger partial charge in [0.2, 0.25) is 0 Å². The van der Waals surface area contributed by atoms with Gasteiger partial charge >= 0.3 is 14.4 Å². The first-order valence-corrected chi connectivity index (χ1v) is 4.91. The monoisotopic (exact) mass is 199 g/mol. The highest BCUT2D eigenvalue weighted by atomic mass is 16.6. The molecule has 0 aliphatic carbocycles. The summed E-state index contributed by atoms with van der Waals surface area (Å²) in [7, 11) is 1.75. The minimum atomic E-state index is 0.0347. The fraction of sp³-hybridized carbons (Fsp3) is 0.333. The standard InChI is InChI=1S/C9H9B2N2O2/c1-5-3-6(2)7(12-4-5)13-9-11(15-9)8-10-14-8/h3-4,8H,1-2H3/b13-9+. The van der Waals surface area contributed by atoms with Gasteiger partial charge in [-0.05, 0) is 25.0 Å². The molecule has 0 spiro atoms. The zero-order valence-corrected chi connectivity index (χ0v) is 8.60. The smallest absolute Gasteiger partial charge is 0.474 e. The van der Waals surface area contributed by atoms with E-state index in [4.69, 9.17) is 9.31 Å². The van der Waals surface area contributed by atoms with Crippen LogP contribution < -0.4 is 0 Å². The van der Waals surface area contributed by atoms with Crippen LogP contribution in [0.15, 0.2) is 17.3 Å². The Morgan fingerprint density at radius 3 is 3.00 bits per heavy atom. The van der Waals surface area contributed by atoms with E-state index in [1.165, 1.54) is 0 Å². The van der Waals surface area contributed by atoms with Crippen LogP contribution in [0.25, 0.3) is 0 Å². The van der Waals surface area contributed by atoms with Crippen LogP contribution in [-0.2, 0) is 9.31 Å². The molecule has 1 radical (unpaired) electrons. The quantitative estimate of drug-likeness (QED) is 0.522. The van der Waals surface area contributed by atoms with E-state index in [2.05, 4.69) is 16.0 Å². The molecule has 0 N–H and O–H groups in total. The van der Waals surface area contributed by atoms with Crippen molar-refractivity contribution in [3.63, 3.8) is 0 Å². The summed E-state index contributed by atoms with van der Waals surface area (Å²) in [5.74, 6) is 1.58. The summed E-state index contributed by atoms with van der Waals surface area (Å²) in [6.45, 7) is 4.05. The lowest BCUT2D eigenvalue weighted by atomic mass is 9.65. The Morgan fingerprint density at radius 1 is 1.53 bits per heavy atom. The van der Waals surface area contributed by atoms with Crippen molar-refractivity contribution in [3.05, 3.63) is 23.4 Å². The molecule has 1 aromatic heterocycles. The highest BCUT2D eigenvalue weighted by Crippen LogP contribution is 2.26. The summed E-state index contributed by atoms with van der Waals surface area (Å²) in [4.78, 5) is 8.59. The number of hydrogen-bond acceptors (Lipinski definition) is 4. The first kappa shape index (κ1) is 8.97. The van der Waals surface area contributed by atoms with Crippen molar-refractivity contribution >= 4 is 26.0 Å². The zero-order valence-electron chi connectivity index (χ0n) is 8.60. The topological polar surface area (TPSA) is 50.3 Å². The third-order valence-corrected chi connectivity index (χ3v) is 2.43. The van der Waals surface area contributed by atoms with Crippen LogP contribution in [0.1, 0.15) is 11.1 Å². The van der Waals surface area contributed by atoms with Gasteiger partial charge in [-0.2, -0.15) is 0 Å². The fourth-order valence-electron chi connectivity index (χ4n) is 1.51. The average molecular weight is 199 g/mol. The molecule has 0 aromatic carbocycles. The number of aliphatic imine (C=N–C) groups is 1. The lowest BCUT2D eigenvalue weighted by molar-refractivity contribution is 0.513. The van der Waals surface area contributed by atoms with Crippen molar-refractivity contribution in [2.75, 3.05) is 0 Å². The molecular formula is C9H9B2N2O2. The largest absolute Gasteiger partial charge is 0.544 e. The molecule has 6 heteroatoms. The first-order valence-electron chi connectivity index (χ1n) is 4.91. The second kappa shape index (κ2) is 3.10. The summed E-state index contributed by atoms with van der Waals surface area (Å²) in [6.07, 6.45) is 1.81. The van der Waals surface area contributed by atoms with E-state index in [-0.39, 0.29) is 12.8 Å². The van der Waals surface area contributed by atoms with Gasteiger partial charge in [-0.15, -0.1) is 0 Å². The van der Waals surface area contributed by atoms with Crippen molar-refractivity contribution in [2.45, 2.75) is 19.8 Å². The number of nitrogens with zero attached hydrogens (tertiary/aromatic N) is 2. The Hall–Kier alpha value is -1.29. The van der Waals surface area contributed by atoms with E-state index in [0.29, 0.717) is 0 Å². The zero-order chi connectivity index (χ0) is 10.4. The molecule has 1 unspecified atom stereocenters. The van der Waals surface area contributed by atoms with E-state index >= 15 is 0 Å². The summed E-state index contributed by atoms with van der Waals surface area (Å²) in [5.41, 5.74) is 2.21. The summed E-state index contributed by atoms with van der Waals surface area (Å²) >= 11 is 0. The maximum Gasteiger partial charge on any atom is 0.474 e. The van der Waals surface area contributed by atoms with E-state index in [9.17, 15) is 0 Å². The molecule has 4 nitrogen and oxygen atoms in total. The van der Waals surface area contributed by atoms with Crippen molar-refractivity contribution in [1.82, 2.24) is 4.98 Å². The van der Waals surface area contributed by atoms with Crippen molar-refractivity contribution in [2.24, 2.45) is 4.99 Å². The van der Waals surface area contributed by atoms with Crippen LogP contribution in [0.2, 0.25) is 0 Å².